The van der Waals surface area contributed by atoms with Crippen molar-refractivity contribution in [2.45, 2.75) is 18.8 Å². The first-order chi connectivity index (χ1) is 12.7. The number of hydrogen-bond acceptors (Lipinski definition) is 3. The zero-order valence-corrected chi connectivity index (χ0v) is 15.7. The molecule has 0 unspecified atom stereocenters. The predicted octanol–water partition coefficient (Wildman–Crippen LogP) is 4.66. The van der Waals surface area contributed by atoms with E-state index in [-0.39, 0.29) is 5.91 Å². The summed E-state index contributed by atoms with van der Waals surface area (Å²) in [5.41, 5.74) is 1.30. The van der Waals surface area contributed by atoms with E-state index in [1.54, 1.807) is 6.92 Å². The van der Waals surface area contributed by atoms with Gasteiger partial charge in [0, 0.05) is 18.1 Å². The van der Waals surface area contributed by atoms with Crippen LogP contribution in [0.5, 0.6) is 5.75 Å². The van der Waals surface area contributed by atoms with Crippen LogP contribution in [0.3, 0.4) is 0 Å². The van der Waals surface area contributed by atoms with Crippen molar-refractivity contribution in [2.75, 3.05) is 12.3 Å². The molecule has 0 radical (unpaired) electrons. The minimum absolute atomic E-state index is 0.0848. The smallest absolute Gasteiger partial charge is 0.260 e. The van der Waals surface area contributed by atoms with Gasteiger partial charge >= 0.3 is 0 Å². The summed E-state index contributed by atoms with van der Waals surface area (Å²) in [7, 11) is 0. The van der Waals surface area contributed by atoms with Crippen molar-refractivity contribution in [1.29, 1.82) is 0 Å². The first-order valence-electron chi connectivity index (χ1n) is 8.77. The van der Waals surface area contributed by atoms with Crippen LogP contribution in [0, 0.1) is 0 Å². The van der Waals surface area contributed by atoms with Crippen LogP contribution in [0.25, 0.3) is 10.8 Å². The maximum absolute atomic E-state index is 12.2. The van der Waals surface area contributed by atoms with Crippen molar-refractivity contribution in [3.63, 3.8) is 0 Å². The van der Waals surface area contributed by atoms with Crippen molar-refractivity contribution in [2.24, 2.45) is 0 Å². The molecule has 3 aromatic rings. The fourth-order valence-corrected chi connectivity index (χ4v) is 3.47. The highest BCUT2D eigenvalue weighted by atomic mass is 32.2. The van der Waals surface area contributed by atoms with Crippen molar-refractivity contribution in [1.82, 2.24) is 5.32 Å². The molecular formula is C22H23NO2S. The lowest BCUT2D eigenvalue weighted by Crippen LogP contribution is -2.37. The lowest BCUT2D eigenvalue weighted by molar-refractivity contribution is -0.127. The summed E-state index contributed by atoms with van der Waals surface area (Å²) in [6.07, 6.45) is -0.518. The number of carbonyl (C=O) groups is 1. The molecule has 3 aromatic carbocycles. The summed E-state index contributed by atoms with van der Waals surface area (Å²) in [4.78, 5) is 12.2. The third kappa shape index (κ3) is 5.27. The van der Waals surface area contributed by atoms with E-state index >= 15 is 0 Å². The number of benzene rings is 3. The molecule has 0 aliphatic heterocycles. The molecule has 0 aromatic heterocycles. The van der Waals surface area contributed by atoms with Gasteiger partial charge in [-0.3, -0.25) is 4.79 Å². The zero-order valence-electron chi connectivity index (χ0n) is 14.9. The van der Waals surface area contributed by atoms with E-state index in [0.717, 1.165) is 22.3 Å². The van der Waals surface area contributed by atoms with Gasteiger partial charge in [0.15, 0.2) is 6.10 Å². The molecular weight excluding hydrogens is 342 g/mol. The summed E-state index contributed by atoms with van der Waals surface area (Å²) in [5, 5.41) is 5.21. The molecule has 0 aliphatic carbocycles. The second-order valence-electron chi connectivity index (χ2n) is 6.10. The van der Waals surface area contributed by atoms with E-state index in [4.69, 9.17) is 4.74 Å². The van der Waals surface area contributed by atoms with Gasteiger partial charge in [0.2, 0.25) is 0 Å². The molecule has 1 atom stereocenters. The minimum atomic E-state index is -0.518. The Morgan fingerprint density at radius 2 is 1.73 bits per heavy atom. The molecule has 134 valence electrons. The Bertz CT molecular complexity index is 851. The first kappa shape index (κ1) is 18.3. The molecule has 1 amide bonds. The monoisotopic (exact) mass is 365 g/mol. The third-order valence-electron chi connectivity index (χ3n) is 4.06. The number of ether oxygens (including phenoxy) is 1. The van der Waals surface area contributed by atoms with Crippen LogP contribution in [0.2, 0.25) is 0 Å². The number of thioether (sulfide) groups is 1. The van der Waals surface area contributed by atoms with E-state index in [0.29, 0.717) is 12.3 Å². The molecule has 1 N–H and O–H groups in total. The van der Waals surface area contributed by atoms with Crippen molar-refractivity contribution >= 4 is 28.4 Å². The number of fused-ring (bicyclic) bond motifs is 1. The van der Waals surface area contributed by atoms with Crippen LogP contribution >= 0.6 is 11.8 Å². The summed E-state index contributed by atoms with van der Waals surface area (Å²) >= 11 is 1.81. The molecule has 0 fully saturated rings. The highest BCUT2D eigenvalue weighted by molar-refractivity contribution is 7.98. The summed E-state index contributed by atoms with van der Waals surface area (Å²) < 4.78 is 5.79. The van der Waals surface area contributed by atoms with E-state index in [2.05, 4.69) is 23.5 Å². The second kappa shape index (κ2) is 9.30. The third-order valence-corrected chi connectivity index (χ3v) is 5.09. The van der Waals surface area contributed by atoms with Crippen LogP contribution in [0.15, 0.2) is 72.8 Å². The quantitative estimate of drug-likeness (QED) is 0.590. The van der Waals surface area contributed by atoms with Gasteiger partial charge in [0.05, 0.1) is 0 Å². The zero-order chi connectivity index (χ0) is 18.2. The van der Waals surface area contributed by atoms with E-state index in [9.17, 15) is 4.79 Å². The Morgan fingerprint density at radius 1 is 1.00 bits per heavy atom. The van der Waals surface area contributed by atoms with Gasteiger partial charge in [-0.15, -0.1) is 0 Å². The Labute approximate surface area is 158 Å². The average Bonchev–Trinajstić information content (AvgIpc) is 2.68. The minimum Gasteiger partial charge on any atom is -0.481 e. The predicted molar refractivity (Wildman–Crippen MR) is 110 cm³/mol. The maximum Gasteiger partial charge on any atom is 0.260 e. The van der Waals surface area contributed by atoms with Gasteiger partial charge in [-0.2, -0.15) is 11.8 Å². The highest BCUT2D eigenvalue weighted by Gasteiger charge is 2.14. The number of rotatable bonds is 8. The van der Waals surface area contributed by atoms with Gasteiger partial charge < -0.3 is 10.1 Å². The number of nitrogens with one attached hydrogen (secondary N) is 1. The fraction of sp³-hybridized carbons (Fsp3) is 0.227. The molecule has 0 spiro atoms. The van der Waals surface area contributed by atoms with Crippen molar-refractivity contribution in [3.8, 4) is 5.75 Å². The SMILES string of the molecule is C[C@@H](Oc1ccc2ccccc2c1)C(=O)NCCSCc1ccccc1. The maximum atomic E-state index is 12.2. The van der Waals surface area contributed by atoms with Gasteiger partial charge in [-0.05, 0) is 35.4 Å². The number of amides is 1. The van der Waals surface area contributed by atoms with Crippen molar-refractivity contribution < 1.29 is 9.53 Å². The largest absolute Gasteiger partial charge is 0.481 e. The topological polar surface area (TPSA) is 38.3 Å². The van der Waals surface area contributed by atoms with Gasteiger partial charge in [0.1, 0.15) is 5.75 Å². The standard InChI is InChI=1S/C22H23NO2S/c1-17(25-21-12-11-19-9-5-6-10-20(19)15-21)22(24)23-13-14-26-16-18-7-3-2-4-8-18/h2-12,15,17H,13-14,16H2,1H3,(H,23,24)/t17-/m1/s1. The molecule has 4 heteroatoms. The Balaban J connectivity index is 1.41. The summed E-state index contributed by atoms with van der Waals surface area (Å²) in [5.74, 6) is 2.46. The first-order valence-corrected chi connectivity index (χ1v) is 9.93. The van der Waals surface area contributed by atoms with Crippen LogP contribution in [0.4, 0.5) is 0 Å². The van der Waals surface area contributed by atoms with Crippen LogP contribution < -0.4 is 10.1 Å². The Morgan fingerprint density at radius 3 is 2.54 bits per heavy atom. The number of carbonyl (C=O) groups excluding carboxylic acids is 1. The average molecular weight is 365 g/mol. The molecule has 0 bridgehead atoms. The normalized spacial score (nSPS) is 11.9. The summed E-state index contributed by atoms with van der Waals surface area (Å²) in [6, 6.07) is 24.3. The van der Waals surface area contributed by atoms with Crippen molar-refractivity contribution in [3.05, 3.63) is 78.4 Å². The molecule has 26 heavy (non-hydrogen) atoms. The molecule has 3 rings (SSSR count). The second-order valence-corrected chi connectivity index (χ2v) is 7.20. The Hall–Kier alpha value is -2.46. The molecule has 0 saturated heterocycles. The van der Waals surface area contributed by atoms with Gasteiger partial charge in [-0.1, -0.05) is 60.7 Å². The molecule has 0 saturated carbocycles. The lowest BCUT2D eigenvalue weighted by Gasteiger charge is -2.15. The number of hydrogen-bond donors (Lipinski definition) is 1. The van der Waals surface area contributed by atoms with E-state index < -0.39 is 6.10 Å². The molecule has 3 nitrogen and oxygen atoms in total. The van der Waals surface area contributed by atoms with Gasteiger partial charge in [0.25, 0.3) is 5.91 Å². The summed E-state index contributed by atoms with van der Waals surface area (Å²) in [6.45, 7) is 2.42. The van der Waals surface area contributed by atoms with Crippen LogP contribution in [-0.4, -0.2) is 24.3 Å². The van der Waals surface area contributed by atoms with Crippen LogP contribution in [-0.2, 0) is 10.5 Å². The lowest BCUT2D eigenvalue weighted by atomic mass is 10.1. The highest BCUT2D eigenvalue weighted by Crippen LogP contribution is 2.21. The fourth-order valence-electron chi connectivity index (χ4n) is 2.65. The van der Waals surface area contributed by atoms with Gasteiger partial charge in [-0.25, -0.2) is 0 Å². The molecule has 0 heterocycles. The van der Waals surface area contributed by atoms with E-state index in [1.165, 1.54) is 5.56 Å². The Kier molecular flexibility index (Phi) is 6.56. The molecule has 0 aliphatic rings. The van der Waals surface area contributed by atoms with Crippen LogP contribution in [0.1, 0.15) is 12.5 Å². The van der Waals surface area contributed by atoms with E-state index in [1.807, 2.05) is 66.4 Å².